The molecule has 0 spiro atoms. The summed E-state index contributed by atoms with van der Waals surface area (Å²) in [6, 6.07) is 5.87. The van der Waals surface area contributed by atoms with Crippen molar-refractivity contribution in [3.8, 4) is 5.75 Å². The van der Waals surface area contributed by atoms with Gasteiger partial charge in [-0.2, -0.15) is 13.9 Å². The molecule has 25 heavy (non-hydrogen) atoms. The van der Waals surface area contributed by atoms with E-state index in [1.165, 1.54) is 18.2 Å². The lowest BCUT2D eigenvalue weighted by Crippen LogP contribution is -2.30. The Bertz CT molecular complexity index is 816. The fraction of sp³-hybridized carbons (Fsp3) is 0.438. The number of carbonyl (C=O) groups is 1. The monoisotopic (exact) mass is 352 g/mol. The van der Waals surface area contributed by atoms with E-state index in [4.69, 9.17) is 0 Å². The van der Waals surface area contributed by atoms with Gasteiger partial charge in [0, 0.05) is 13.0 Å². The number of aryl methyl sites for hydroxylation is 1. The highest BCUT2D eigenvalue weighted by atomic mass is 19.3. The Morgan fingerprint density at radius 2 is 2.08 bits per heavy atom. The Labute approximate surface area is 142 Å². The van der Waals surface area contributed by atoms with Gasteiger partial charge in [-0.1, -0.05) is 18.6 Å². The van der Waals surface area contributed by atoms with Crippen LogP contribution in [0.1, 0.15) is 25.1 Å². The van der Waals surface area contributed by atoms with Crippen LogP contribution in [0.4, 0.5) is 14.5 Å². The van der Waals surface area contributed by atoms with E-state index in [2.05, 4.69) is 15.2 Å². The molecule has 3 rings (SSSR count). The van der Waals surface area contributed by atoms with E-state index in [1.54, 1.807) is 10.6 Å². The average Bonchev–Trinajstić information content (AvgIpc) is 2.74. The maximum Gasteiger partial charge on any atom is 0.387 e. The van der Waals surface area contributed by atoms with Gasteiger partial charge in [-0.25, -0.2) is 9.48 Å². The van der Waals surface area contributed by atoms with Crippen molar-refractivity contribution in [3.63, 3.8) is 0 Å². The van der Waals surface area contributed by atoms with Gasteiger partial charge in [-0.3, -0.25) is 9.36 Å². The summed E-state index contributed by atoms with van der Waals surface area (Å²) < 4.78 is 31.9. The summed E-state index contributed by atoms with van der Waals surface area (Å²) in [6.45, 7) is -2.69. The van der Waals surface area contributed by atoms with E-state index in [0.29, 0.717) is 18.8 Å². The van der Waals surface area contributed by atoms with Crippen molar-refractivity contribution in [1.82, 2.24) is 14.3 Å². The molecular formula is C16H18F2N4O3. The van der Waals surface area contributed by atoms with Crippen molar-refractivity contribution in [1.29, 1.82) is 0 Å². The Balaban J connectivity index is 1.73. The number of hydrogen-bond acceptors (Lipinski definition) is 4. The molecule has 7 nitrogen and oxygen atoms in total. The van der Waals surface area contributed by atoms with Crippen LogP contribution in [-0.4, -0.2) is 26.9 Å². The zero-order valence-electron chi connectivity index (χ0n) is 13.5. The highest BCUT2D eigenvalue weighted by molar-refractivity contribution is 5.92. The molecule has 1 aromatic carbocycles. The highest BCUT2D eigenvalue weighted by Crippen LogP contribution is 2.25. The number of aromatic nitrogens is 3. The molecule has 0 aliphatic carbocycles. The number of anilines is 1. The van der Waals surface area contributed by atoms with Crippen LogP contribution in [0.25, 0.3) is 0 Å². The van der Waals surface area contributed by atoms with Gasteiger partial charge < -0.3 is 10.1 Å². The quantitative estimate of drug-likeness (QED) is 0.893. The van der Waals surface area contributed by atoms with Gasteiger partial charge in [0.15, 0.2) is 0 Å². The Morgan fingerprint density at radius 1 is 1.28 bits per heavy atom. The zero-order valence-corrected chi connectivity index (χ0v) is 13.5. The highest BCUT2D eigenvalue weighted by Gasteiger charge is 2.18. The molecule has 1 amide bonds. The summed E-state index contributed by atoms with van der Waals surface area (Å²) in [5.41, 5.74) is -0.217. The maximum absolute atomic E-state index is 12.4. The van der Waals surface area contributed by atoms with Gasteiger partial charge in [-0.15, -0.1) is 0 Å². The standard InChI is InChI=1S/C16H18F2N4O3/c17-15(18)25-12-7-4-3-6-11(12)19-14(23)10-22-16(24)21-9-5-1-2-8-13(21)20-22/h3-4,6-7,15H,1-2,5,8-10H2,(H,19,23). The van der Waals surface area contributed by atoms with Crippen molar-refractivity contribution in [2.24, 2.45) is 0 Å². The van der Waals surface area contributed by atoms with Crippen molar-refractivity contribution in [2.75, 3.05) is 5.32 Å². The first-order chi connectivity index (χ1) is 12.0. The molecule has 0 radical (unpaired) electrons. The zero-order chi connectivity index (χ0) is 17.8. The molecule has 1 aliphatic rings. The van der Waals surface area contributed by atoms with Crippen LogP contribution in [-0.2, 0) is 24.3 Å². The summed E-state index contributed by atoms with van der Waals surface area (Å²) in [7, 11) is 0. The van der Waals surface area contributed by atoms with Gasteiger partial charge in [-0.05, 0) is 25.0 Å². The number of amides is 1. The molecule has 2 aromatic rings. The van der Waals surface area contributed by atoms with E-state index in [9.17, 15) is 18.4 Å². The summed E-state index contributed by atoms with van der Waals surface area (Å²) in [5.74, 6) is -0.00349. The summed E-state index contributed by atoms with van der Waals surface area (Å²) in [5, 5.41) is 6.70. The van der Waals surface area contributed by atoms with E-state index in [1.807, 2.05) is 0 Å². The molecule has 2 heterocycles. The van der Waals surface area contributed by atoms with Crippen molar-refractivity contribution < 1.29 is 18.3 Å². The summed E-state index contributed by atoms with van der Waals surface area (Å²) in [4.78, 5) is 24.5. The first-order valence-electron chi connectivity index (χ1n) is 8.05. The van der Waals surface area contributed by atoms with Crippen LogP contribution in [0.2, 0.25) is 0 Å². The third-order valence-electron chi connectivity index (χ3n) is 3.95. The predicted octanol–water partition coefficient (Wildman–Crippen LogP) is 2.01. The fourth-order valence-corrected chi connectivity index (χ4v) is 2.82. The molecule has 1 N–H and O–H groups in total. The second kappa shape index (κ2) is 7.45. The largest absolute Gasteiger partial charge is 0.433 e. The second-order valence-corrected chi connectivity index (χ2v) is 5.74. The van der Waals surface area contributed by atoms with Crippen LogP contribution in [0, 0.1) is 0 Å². The minimum absolute atomic E-state index is 0.113. The van der Waals surface area contributed by atoms with Gasteiger partial charge in [0.1, 0.15) is 18.1 Å². The lowest BCUT2D eigenvalue weighted by molar-refractivity contribution is -0.117. The molecule has 134 valence electrons. The molecule has 1 aliphatic heterocycles. The Morgan fingerprint density at radius 3 is 2.88 bits per heavy atom. The van der Waals surface area contributed by atoms with E-state index < -0.39 is 12.5 Å². The first-order valence-corrected chi connectivity index (χ1v) is 8.05. The summed E-state index contributed by atoms with van der Waals surface area (Å²) >= 11 is 0. The van der Waals surface area contributed by atoms with Gasteiger partial charge in [0.05, 0.1) is 5.69 Å². The minimum Gasteiger partial charge on any atom is -0.433 e. The Hall–Kier alpha value is -2.71. The molecular weight excluding hydrogens is 334 g/mol. The molecule has 9 heteroatoms. The number of fused-ring (bicyclic) bond motifs is 1. The third-order valence-corrected chi connectivity index (χ3v) is 3.95. The number of para-hydroxylation sites is 2. The number of halogens is 2. The van der Waals surface area contributed by atoms with E-state index in [0.717, 1.165) is 23.9 Å². The maximum atomic E-state index is 12.4. The number of nitrogens with one attached hydrogen (secondary N) is 1. The van der Waals surface area contributed by atoms with Crippen molar-refractivity contribution in [3.05, 3.63) is 40.6 Å². The number of carbonyl (C=O) groups excluding carboxylic acids is 1. The smallest absolute Gasteiger partial charge is 0.387 e. The van der Waals surface area contributed by atoms with Crippen LogP contribution in [0.3, 0.4) is 0 Å². The molecule has 0 unspecified atom stereocenters. The summed E-state index contributed by atoms with van der Waals surface area (Å²) in [6.07, 6.45) is 3.61. The Kier molecular flexibility index (Phi) is 5.11. The van der Waals surface area contributed by atoms with Gasteiger partial charge >= 0.3 is 12.3 Å². The van der Waals surface area contributed by atoms with Crippen LogP contribution >= 0.6 is 0 Å². The average molecular weight is 352 g/mol. The number of ether oxygens (including phenoxy) is 1. The SMILES string of the molecule is O=C(Cn1nc2n(c1=O)CCCCC2)Nc1ccccc1OC(F)F. The lowest BCUT2D eigenvalue weighted by atomic mass is 10.2. The van der Waals surface area contributed by atoms with E-state index in [-0.39, 0.29) is 23.7 Å². The number of rotatable bonds is 5. The fourth-order valence-electron chi connectivity index (χ4n) is 2.82. The number of benzene rings is 1. The van der Waals surface area contributed by atoms with Crippen molar-refractivity contribution >= 4 is 11.6 Å². The topological polar surface area (TPSA) is 78.2 Å². The van der Waals surface area contributed by atoms with Gasteiger partial charge in [0.25, 0.3) is 0 Å². The first kappa shape index (κ1) is 17.1. The minimum atomic E-state index is -3.00. The molecule has 0 fully saturated rings. The van der Waals surface area contributed by atoms with E-state index >= 15 is 0 Å². The molecule has 0 saturated heterocycles. The molecule has 1 aromatic heterocycles. The third kappa shape index (κ3) is 4.04. The van der Waals surface area contributed by atoms with Crippen LogP contribution in [0.5, 0.6) is 5.75 Å². The van der Waals surface area contributed by atoms with Crippen molar-refractivity contribution in [2.45, 2.75) is 45.4 Å². The number of hydrogen-bond donors (Lipinski definition) is 1. The molecule has 0 bridgehead atoms. The van der Waals surface area contributed by atoms with Crippen LogP contribution < -0.4 is 15.7 Å². The molecule has 0 saturated carbocycles. The second-order valence-electron chi connectivity index (χ2n) is 5.74. The lowest BCUT2D eigenvalue weighted by Gasteiger charge is -2.11. The van der Waals surface area contributed by atoms with Crippen LogP contribution in [0.15, 0.2) is 29.1 Å². The number of alkyl halides is 2. The normalized spacial score (nSPS) is 14.0. The number of nitrogens with zero attached hydrogens (tertiary/aromatic N) is 3. The predicted molar refractivity (Wildman–Crippen MR) is 85.7 cm³/mol. The van der Waals surface area contributed by atoms with Gasteiger partial charge in [0.2, 0.25) is 5.91 Å². The molecule has 0 atom stereocenters.